The second-order valence-electron chi connectivity index (χ2n) is 7.73. The van der Waals surface area contributed by atoms with Gasteiger partial charge in [0.05, 0.1) is 12.8 Å². The molecule has 5 heteroatoms. The molecule has 0 spiro atoms. The molecule has 1 radical (unpaired) electrons. The number of rotatable bonds is 4. The molecule has 0 saturated carbocycles. The lowest BCUT2D eigenvalue weighted by Gasteiger charge is -2.27. The third kappa shape index (κ3) is 4.84. The molecule has 0 heterocycles. The van der Waals surface area contributed by atoms with Crippen molar-refractivity contribution in [3.8, 4) is 5.75 Å². The van der Waals surface area contributed by atoms with Crippen LogP contribution in [-0.4, -0.2) is 11.5 Å². The fraction of sp³-hybridized carbons (Fsp3) is 0.647. The Morgan fingerprint density at radius 3 is 1.77 bits per heavy atom. The molecule has 0 aromatic heterocycles. The van der Waals surface area contributed by atoms with Crippen LogP contribution in [0.25, 0.3) is 0 Å². The Morgan fingerprint density at radius 2 is 1.45 bits per heavy atom. The maximum atomic E-state index is 12.7. The second-order valence-corrected chi connectivity index (χ2v) is 9.58. The van der Waals surface area contributed by atoms with Crippen molar-refractivity contribution in [2.75, 3.05) is 6.61 Å². The van der Waals surface area contributed by atoms with Gasteiger partial charge in [0, 0.05) is 11.1 Å². The van der Waals surface area contributed by atoms with E-state index >= 15 is 0 Å². The van der Waals surface area contributed by atoms with Crippen LogP contribution in [-0.2, 0) is 31.2 Å². The van der Waals surface area contributed by atoms with E-state index in [2.05, 4.69) is 0 Å². The van der Waals surface area contributed by atoms with Gasteiger partial charge in [0.1, 0.15) is 0 Å². The summed E-state index contributed by atoms with van der Waals surface area (Å²) in [5, 5.41) is 12.7. The average molecular weight is 327 g/mol. The fourth-order valence-corrected chi connectivity index (χ4v) is 3.51. The highest BCUT2D eigenvalue weighted by Gasteiger charge is 2.29. The summed E-state index contributed by atoms with van der Waals surface area (Å²) in [7, 11) is -3.68. The van der Waals surface area contributed by atoms with Crippen molar-refractivity contribution in [2.45, 2.75) is 65.5 Å². The van der Waals surface area contributed by atoms with E-state index in [1.54, 1.807) is 19.1 Å². The summed E-state index contributed by atoms with van der Waals surface area (Å²) in [5.74, 6) is 0.0212. The Balaban J connectivity index is 3.45. The number of hydrogen-bond donors (Lipinski definition) is 1. The van der Waals surface area contributed by atoms with Gasteiger partial charge >= 0.3 is 7.60 Å². The minimum absolute atomic E-state index is 0.0212. The van der Waals surface area contributed by atoms with Gasteiger partial charge in [0.25, 0.3) is 0 Å². The van der Waals surface area contributed by atoms with Gasteiger partial charge in [0.15, 0.2) is 5.75 Å². The summed E-state index contributed by atoms with van der Waals surface area (Å²) >= 11 is 0. The van der Waals surface area contributed by atoms with Crippen LogP contribution in [0.3, 0.4) is 0 Å². The van der Waals surface area contributed by atoms with E-state index in [1.807, 2.05) is 41.5 Å². The Hall–Kier alpha value is -0.830. The summed E-state index contributed by atoms with van der Waals surface area (Å²) < 4.78 is 17.0. The Bertz CT molecular complexity index is 544. The topological polar surface area (TPSA) is 66.4 Å². The predicted molar refractivity (Wildman–Crippen MR) is 89.1 cm³/mol. The van der Waals surface area contributed by atoms with Crippen LogP contribution in [0.5, 0.6) is 5.75 Å². The third-order valence-electron chi connectivity index (χ3n) is 3.48. The van der Waals surface area contributed by atoms with E-state index < -0.39 is 7.60 Å². The zero-order valence-electron chi connectivity index (χ0n) is 14.7. The Morgan fingerprint density at radius 1 is 1.05 bits per heavy atom. The normalized spacial score (nSPS) is 15.6. The van der Waals surface area contributed by atoms with Crippen molar-refractivity contribution in [1.29, 1.82) is 0 Å². The summed E-state index contributed by atoms with van der Waals surface area (Å²) in [6.07, 6.45) is -0.0761. The highest BCUT2D eigenvalue weighted by Crippen LogP contribution is 2.48. The quantitative estimate of drug-likeness (QED) is 0.778. The first-order valence-electron chi connectivity index (χ1n) is 7.59. The van der Waals surface area contributed by atoms with Gasteiger partial charge in [-0.25, -0.2) is 0 Å². The number of hydrogen-bond acceptors (Lipinski definition) is 2. The highest BCUT2D eigenvalue weighted by atomic mass is 31.2. The smallest absolute Gasteiger partial charge is 0.324 e. The number of benzene rings is 1. The van der Waals surface area contributed by atoms with Crippen LogP contribution in [0.2, 0.25) is 0 Å². The van der Waals surface area contributed by atoms with Gasteiger partial charge in [-0.05, 0) is 23.3 Å². The van der Waals surface area contributed by atoms with E-state index in [0.717, 1.165) is 0 Å². The van der Waals surface area contributed by atoms with Crippen molar-refractivity contribution in [3.63, 3.8) is 0 Å². The zero-order valence-corrected chi connectivity index (χ0v) is 15.6. The lowest BCUT2D eigenvalue weighted by Crippen LogP contribution is -2.17. The molecule has 1 atom stereocenters. The van der Waals surface area contributed by atoms with E-state index in [1.165, 1.54) is 0 Å². The van der Waals surface area contributed by atoms with Gasteiger partial charge in [-0.3, -0.25) is 9.67 Å². The minimum atomic E-state index is -3.68. The molecule has 1 unspecified atom stereocenters. The predicted octanol–water partition coefficient (Wildman–Crippen LogP) is 5.15. The lowest BCUT2D eigenvalue weighted by atomic mass is 9.78. The molecule has 0 saturated heterocycles. The summed E-state index contributed by atoms with van der Waals surface area (Å²) in [5.41, 5.74) is 1.38. The molecular formula is C17H28O4P. The van der Waals surface area contributed by atoms with Crippen LogP contribution in [0.4, 0.5) is 0 Å². The fourth-order valence-electron chi connectivity index (χ4n) is 2.37. The first-order valence-corrected chi connectivity index (χ1v) is 9.35. The van der Waals surface area contributed by atoms with Gasteiger partial charge < -0.3 is 9.42 Å². The van der Waals surface area contributed by atoms with Crippen LogP contribution in [0, 0.1) is 0 Å². The second kappa shape index (κ2) is 6.35. The van der Waals surface area contributed by atoms with Gasteiger partial charge in [0.2, 0.25) is 0 Å². The minimum Gasteiger partial charge on any atom is -0.324 e. The van der Waals surface area contributed by atoms with Crippen molar-refractivity contribution >= 4 is 7.60 Å². The third-order valence-corrected chi connectivity index (χ3v) is 4.90. The lowest BCUT2D eigenvalue weighted by molar-refractivity contribution is 0.272. The monoisotopic (exact) mass is 327 g/mol. The SMILES string of the molecule is CCOP(=O)(O)Cc1cc(C(C)(C)C)c([O])c(C(C)(C)C)c1. The molecule has 1 N–H and O–H groups in total. The van der Waals surface area contributed by atoms with E-state index in [4.69, 9.17) is 4.52 Å². The largest absolute Gasteiger partial charge is 0.332 e. The van der Waals surface area contributed by atoms with Crippen molar-refractivity contribution in [1.82, 2.24) is 0 Å². The van der Waals surface area contributed by atoms with Crippen LogP contribution in [0.1, 0.15) is 65.2 Å². The van der Waals surface area contributed by atoms with Crippen LogP contribution in [0.15, 0.2) is 12.1 Å². The van der Waals surface area contributed by atoms with E-state index in [9.17, 15) is 14.6 Å². The van der Waals surface area contributed by atoms with Gasteiger partial charge in [-0.1, -0.05) is 53.7 Å². The molecule has 0 aliphatic heterocycles. The molecule has 0 bridgehead atoms. The average Bonchev–Trinajstić information content (AvgIpc) is 2.27. The molecule has 1 aromatic rings. The zero-order chi connectivity index (χ0) is 17.3. The summed E-state index contributed by atoms with van der Waals surface area (Å²) in [4.78, 5) is 9.88. The Kier molecular flexibility index (Phi) is 5.55. The molecule has 4 nitrogen and oxygen atoms in total. The first kappa shape index (κ1) is 19.2. The van der Waals surface area contributed by atoms with Crippen molar-refractivity contribution in [2.24, 2.45) is 0 Å². The molecule has 1 aromatic carbocycles. The molecular weight excluding hydrogens is 299 g/mol. The molecule has 0 aliphatic rings. The first-order chi connectivity index (χ1) is 9.78. The summed E-state index contributed by atoms with van der Waals surface area (Å²) in [6, 6.07) is 3.50. The molecule has 1 rings (SSSR count). The van der Waals surface area contributed by atoms with Gasteiger partial charge in [-0.2, -0.15) is 0 Å². The Labute approximate surface area is 134 Å². The van der Waals surface area contributed by atoms with Crippen LogP contribution >= 0.6 is 7.60 Å². The summed E-state index contributed by atoms with van der Waals surface area (Å²) in [6.45, 7) is 13.7. The van der Waals surface area contributed by atoms with Crippen molar-refractivity contribution < 1.29 is 19.1 Å². The molecule has 0 amide bonds. The molecule has 0 fully saturated rings. The van der Waals surface area contributed by atoms with Crippen molar-refractivity contribution in [3.05, 3.63) is 28.8 Å². The van der Waals surface area contributed by atoms with Gasteiger partial charge in [-0.15, -0.1) is 0 Å². The highest BCUT2D eigenvalue weighted by molar-refractivity contribution is 7.51. The standard InChI is InChI=1S/C17H28O4P/c1-8-21-22(19,20)11-12-9-13(16(2,3)4)15(18)14(10-12)17(5,6)7/h9-10H,8,11H2,1-7H3,(H,19,20). The maximum Gasteiger partial charge on any atom is 0.332 e. The van der Waals surface area contributed by atoms with Crippen LogP contribution < -0.4 is 0 Å². The molecule has 22 heavy (non-hydrogen) atoms. The molecule has 125 valence electrons. The van der Waals surface area contributed by atoms with E-state index in [0.29, 0.717) is 16.7 Å². The maximum absolute atomic E-state index is 12.7. The molecule has 0 aliphatic carbocycles. The van der Waals surface area contributed by atoms with E-state index in [-0.39, 0.29) is 29.3 Å².